The van der Waals surface area contributed by atoms with Crippen molar-refractivity contribution in [2.24, 2.45) is 0 Å². The first kappa shape index (κ1) is 12.8. The van der Waals surface area contributed by atoms with Crippen LogP contribution in [-0.2, 0) is 16.1 Å². The predicted molar refractivity (Wildman–Crippen MR) is 71.8 cm³/mol. The summed E-state index contributed by atoms with van der Waals surface area (Å²) in [4.78, 5) is 37.5. The molecule has 1 aromatic carbocycles. The van der Waals surface area contributed by atoms with Gasteiger partial charge in [-0.25, -0.2) is 0 Å². The Labute approximate surface area is 116 Å². The number of imide groups is 1. The Bertz CT molecular complexity index is 609. The predicted octanol–water partition coefficient (Wildman–Crippen LogP) is 1.15. The summed E-state index contributed by atoms with van der Waals surface area (Å²) in [6.45, 7) is 2.42. The third-order valence-corrected chi connectivity index (χ3v) is 4.05. The van der Waals surface area contributed by atoms with Crippen molar-refractivity contribution in [1.29, 1.82) is 0 Å². The smallest absolute Gasteiger partial charge is 0.255 e. The molecule has 0 aromatic heterocycles. The second kappa shape index (κ2) is 4.74. The van der Waals surface area contributed by atoms with Gasteiger partial charge in [-0.2, -0.15) is 0 Å². The summed E-state index contributed by atoms with van der Waals surface area (Å²) in [5.41, 5.74) is 2.72. The first-order valence-corrected chi connectivity index (χ1v) is 6.81. The molecule has 2 heterocycles. The average molecular weight is 272 g/mol. The van der Waals surface area contributed by atoms with Gasteiger partial charge in [-0.3, -0.25) is 19.7 Å². The molecule has 1 atom stereocenters. The molecule has 3 rings (SSSR count). The lowest BCUT2D eigenvalue weighted by Crippen LogP contribution is -2.46. The highest BCUT2D eigenvalue weighted by Gasteiger charge is 2.38. The van der Waals surface area contributed by atoms with Gasteiger partial charge in [-0.15, -0.1) is 0 Å². The van der Waals surface area contributed by atoms with E-state index in [1.165, 1.54) is 0 Å². The molecule has 1 N–H and O–H groups in total. The molecule has 0 saturated carbocycles. The van der Waals surface area contributed by atoms with Crippen LogP contribution in [0.15, 0.2) is 18.2 Å². The van der Waals surface area contributed by atoms with E-state index in [0.29, 0.717) is 31.4 Å². The average Bonchev–Trinajstić information content (AvgIpc) is 2.64. The van der Waals surface area contributed by atoms with Crippen LogP contribution in [0.2, 0.25) is 0 Å². The SMILES string of the molecule is Cc1cccc2c1CN([C@H]1CCCC(=O)NC1=O)C2=O. The summed E-state index contributed by atoms with van der Waals surface area (Å²) in [7, 11) is 0. The maximum absolute atomic E-state index is 12.4. The van der Waals surface area contributed by atoms with Gasteiger partial charge in [-0.05, 0) is 37.0 Å². The molecule has 0 bridgehead atoms. The van der Waals surface area contributed by atoms with Gasteiger partial charge < -0.3 is 4.90 Å². The lowest BCUT2D eigenvalue weighted by Gasteiger charge is -2.24. The number of benzene rings is 1. The van der Waals surface area contributed by atoms with Gasteiger partial charge in [0.05, 0.1) is 0 Å². The number of carbonyl (C=O) groups is 3. The number of amides is 3. The van der Waals surface area contributed by atoms with Crippen LogP contribution in [-0.4, -0.2) is 28.7 Å². The Morgan fingerprint density at radius 1 is 1.25 bits per heavy atom. The number of fused-ring (bicyclic) bond motifs is 1. The first-order chi connectivity index (χ1) is 9.58. The summed E-state index contributed by atoms with van der Waals surface area (Å²) in [5.74, 6) is -0.720. The van der Waals surface area contributed by atoms with E-state index in [0.717, 1.165) is 11.1 Å². The molecule has 2 aliphatic heterocycles. The second-order valence-electron chi connectivity index (χ2n) is 5.35. The van der Waals surface area contributed by atoms with Crippen molar-refractivity contribution < 1.29 is 14.4 Å². The highest BCUT2D eigenvalue weighted by Crippen LogP contribution is 2.29. The molecule has 0 aliphatic carbocycles. The van der Waals surface area contributed by atoms with Crippen LogP contribution in [0.4, 0.5) is 0 Å². The molecule has 5 nitrogen and oxygen atoms in total. The fraction of sp³-hybridized carbons (Fsp3) is 0.400. The highest BCUT2D eigenvalue weighted by molar-refractivity contribution is 6.04. The van der Waals surface area contributed by atoms with Gasteiger partial charge in [0, 0.05) is 18.5 Å². The van der Waals surface area contributed by atoms with Crippen LogP contribution in [0.1, 0.15) is 40.7 Å². The van der Waals surface area contributed by atoms with E-state index in [9.17, 15) is 14.4 Å². The maximum Gasteiger partial charge on any atom is 0.255 e. The normalized spacial score (nSPS) is 22.6. The zero-order chi connectivity index (χ0) is 14.3. The Balaban J connectivity index is 1.90. The van der Waals surface area contributed by atoms with Crippen molar-refractivity contribution in [2.45, 2.75) is 38.8 Å². The number of hydrogen-bond donors (Lipinski definition) is 1. The van der Waals surface area contributed by atoms with Gasteiger partial charge in [0.1, 0.15) is 6.04 Å². The topological polar surface area (TPSA) is 66.5 Å². The van der Waals surface area contributed by atoms with Crippen molar-refractivity contribution in [3.05, 3.63) is 34.9 Å². The zero-order valence-corrected chi connectivity index (χ0v) is 11.3. The fourth-order valence-corrected chi connectivity index (χ4v) is 2.93. The van der Waals surface area contributed by atoms with Crippen LogP contribution in [0, 0.1) is 6.92 Å². The molecule has 0 unspecified atom stereocenters. The number of nitrogens with zero attached hydrogens (tertiary/aromatic N) is 1. The molecule has 3 amide bonds. The Hall–Kier alpha value is -2.17. The number of rotatable bonds is 1. The summed E-state index contributed by atoms with van der Waals surface area (Å²) < 4.78 is 0. The Morgan fingerprint density at radius 3 is 2.80 bits per heavy atom. The van der Waals surface area contributed by atoms with Crippen LogP contribution < -0.4 is 5.32 Å². The van der Waals surface area contributed by atoms with Crippen LogP contribution in [0.25, 0.3) is 0 Å². The number of carbonyl (C=O) groups excluding carboxylic acids is 3. The highest BCUT2D eigenvalue weighted by atomic mass is 16.2. The van der Waals surface area contributed by atoms with Gasteiger partial charge in [0.15, 0.2) is 0 Å². The molecule has 1 saturated heterocycles. The molecule has 2 aliphatic rings. The molecular weight excluding hydrogens is 256 g/mol. The minimum Gasteiger partial charge on any atom is -0.322 e. The molecule has 1 fully saturated rings. The van der Waals surface area contributed by atoms with E-state index in [1.54, 1.807) is 11.0 Å². The number of aryl methyl sites for hydroxylation is 1. The molecule has 0 spiro atoms. The van der Waals surface area contributed by atoms with Crippen molar-refractivity contribution in [2.75, 3.05) is 0 Å². The molecule has 5 heteroatoms. The lowest BCUT2D eigenvalue weighted by molar-refractivity contribution is -0.132. The molecule has 1 aromatic rings. The van der Waals surface area contributed by atoms with E-state index in [4.69, 9.17) is 0 Å². The van der Waals surface area contributed by atoms with Crippen molar-refractivity contribution >= 4 is 17.7 Å². The summed E-state index contributed by atoms with van der Waals surface area (Å²) in [6.07, 6.45) is 1.51. The summed E-state index contributed by atoms with van der Waals surface area (Å²) in [6, 6.07) is 5.07. The van der Waals surface area contributed by atoms with Crippen molar-refractivity contribution in [3.8, 4) is 0 Å². The first-order valence-electron chi connectivity index (χ1n) is 6.81. The lowest BCUT2D eigenvalue weighted by atomic mass is 10.1. The Kier molecular flexibility index (Phi) is 3.04. The van der Waals surface area contributed by atoms with Crippen molar-refractivity contribution in [3.63, 3.8) is 0 Å². The zero-order valence-electron chi connectivity index (χ0n) is 11.3. The monoisotopic (exact) mass is 272 g/mol. The molecule has 0 radical (unpaired) electrons. The van der Waals surface area contributed by atoms with E-state index < -0.39 is 6.04 Å². The van der Waals surface area contributed by atoms with Gasteiger partial charge >= 0.3 is 0 Å². The van der Waals surface area contributed by atoms with E-state index in [-0.39, 0.29) is 17.7 Å². The second-order valence-corrected chi connectivity index (χ2v) is 5.35. The van der Waals surface area contributed by atoms with Crippen LogP contribution in [0.5, 0.6) is 0 Å². The Morgan fingerprint density at radius 2 is 2.05 bits per heavy atom. The minimum absolute atomic E-state index is 0.113. The van der Waals surface area contributed by atoms with Gasteiger partial charge in [0.25, 0.3) is 5.91 Å². The number of nitrogens with one attached hydrogen (secondary N) is 1. The fourth-order valence-electron chi connectivity index (χ4n) is 2.93. The quantitative estimate of drug-likeness (QED) is 0.780. The minimum atomic E-state index is -0.541. The van der Waals surface area contributed by atoms with Crippen LogP contribution in [0.3, 0.4) is 0 Å². The summed E-state index contributed by atoms with van der Waals surface area (Å²) >= 11 is 0. The van der Waals surface area contributed by atoms with Gasteiger partial charge in [0.2, 0.25) is 11.8 Å². The largest absolute Gasteiger partial charge is 0.322 e. The van der Waals surface area contributed by atoms with E-state index >= 15 is 0 Å². The molecular formula is C15H16N2O3. The van der Waals surface area contributed by atoms with Gasteiger partial charge in [-0.1, -0.05) is 12.1 Å². The standard InChI is InChI=1S/C15H16N2O3/c1-9-4-2-5-10-11(9)8-17(15(10)20)12-6-3-7-13(18)16-14(12)19/h2,4-5,12H,3,6-8H2,1H3,(H,16,18,19)/t12-/m0/s1. The van der Waals surface area contributed by atoms with E-state index in [2.05, 4.69) is 5.32 Å². The maximum atomic E-state index is 12.4. The molecule has 104 valence electrons. The third kappa shape index (κ3) is 1.99. The van der Waals surface area contributed by atoms with Crippen molar-refractivity contribution in [1.82, 2.24) is 10.2 Å². The molecule has 20 heavy (non-hydrogen) atoms. The van der Waals surface area contributed by atoms with E-state index in [1.807, 2.05) is 19.1 Å². The van der Waals surface area contributed by atoms with Crippen LogP contribution >= 0.6 is 0 Å². The summed E-state index contributed by atoms with van der Waals surface area (Å²) in [5, 5.41) is 2.36. The third-order valence-electron chi connectivity index (χ3n) is 4.05. The number of hydrogen-bond acceptors (Lipinski definition) is 3.